The van der Waals surface area contributed by atoms with E-state index in [0.717, 1.165) is 17.9 Å². The summed E-state index contributed by atoms with van der Waals surface area (Å²) in [4.78, 5) is 5.42. The van der Waals surface area contributed by atoms with Crippen LogP contribution in [0, 0.1) is 6.92 Å². The van der Waals surface area contributed by atoms with Gasteiger partial charge < -0.3 is 5.32 Å². The van der Waals surface area contributed by atoms with E-state index in [1.807, 2.05) is 24.6 Å². The molecule has 0 saturated heterocycles. The minimum absolute atomic E-state index is 0.563. The quantitative estimate of drug-likeness (QED) is 0.898. The van der Waals surface area contributed by atoms with Crippen LogP contribution >= 0.6 is 34.5 Å². The number of nitrogens with one attached hydrogen (secondary N) is 1. The number of aryl methyl sites for hydroxylation is 1. The van der Waals surface area contributed by atoms with E-state index in [-0.39, 0.29) is 0 Å². The van der Waals surface area contributed by atoms with E-state index in [2.05, 4.69) is 10.3 Å². The van der Waals surface area contributed by atoms with Crippen molar-refractivity contribution in [1.82, 2.24) is 4.98 Å². The molecule has 16 heavy (non-hydrogen) atoms. The molecular formula is C11H10Cl2N2S. The molecule has 1 heterocycles. The summed E-state index contributed by atoms with van der Waals surface area (Å²) in [5.41, 5.74) is 3.88. The maximum absolute atomic E-state index is 5.92. The zero-order valence-corrected chi connectivity index (χ0v) is 11.0. The van der Waals surface area contributed by atoms with Gasteiger partial charge >= 0.3 is 0 Å². The second-order valence-corrected chi connectivity index (χ2v) is 5.10. The first-order valence-corrected chi connectivity index (χ1v) is 6.38. The van der Waals surface area contributed by atoms with Gasteiger partial charge in [0.05, 0.1) is 27.8 Å². The summed E-state index contributed by atoms with van der Waals surface area (Å²) >= 11 is 13.4. The third-order valence-electron chi connectivity index (χ3n) is 2.22. The van der Waals surface area contributed by atoms with E-state index in [1.165, 1.54) is 4.88 Å². The van der Waals surface area contributed by atoms with E-state index in [1.54, 1.807) is 17.4 Å². The van der Waals surface area contributed by atoms with Gasteiger partial charge in [-0.3, -0.25) is 0 Å². The molecule has 0 radical (unpaired) electrons. The number of rotatable bonds is 3. The van der Waals surface area contributed by atoms with Crippen LogP contribution in [-0.2, 0) is 6.54 Å². The van der Waals surface area contributed by atoms with Crippen LogP contribution in [0.3, 0.4) is 0 Å². The molecule has 84 valence electrons. The molecular weight excluding hydrogens is 263 g/mol. The minimum Gasteiger partial charge on any atom is -0.380 e. The molecule has 0 amide bonds. The first kappa shape index (κ1) is 11.7. The van der Waals surface area contributed by atoms with Gasteiger partial charge in [-0.15, -0.1) is 11.3 Å². The van der Waals surface area contributed by atoms with Crippen LogP contribution in [0.2, 0.25) is 10.0 Å². The summed E-state index contributed by atoms with van der Waals surface area (Å²) in [5.74, 6) is 0. The second kappa shape index (κ2) is 5.04. The zero-order chi connectivity index (χ0) is 11.5. The molecule has 0 spiro atoms. The molecule has 0 aliphatic carbocycles. The van der Waals surface area contributed by atoms with Crippen LogP contribution in [0.1, 0.15) is 10.6 Å². The van der Waals surface area contributed by atoms with Gasteiger partial charge in [-0.2, -0.15) is 0 Å². The van der Waals surface area contributed by atoms with Crippen molar-refractivity contribution in [3.05, 3.63) is 44.3 Å². The highest BCUT2D eigenvalue weighted by Crippen LogP contribution is 2.25. The van der Waals surface area contributed by atoms with Crippen LogP contribution in [0.5, 0.6) is 0 Å². The molecule has 1 aromatic carbocycles. The maximum atomic E-state index is 5.92. The van der Waals surface area contributed by atoms with Gasteiger partial charge in [0.2, 0.25) is 0 Å². The minimum atomic E-state index is 0.563. The Bertz CT molecular complexity index is 496. The monoisotopic (exact) mass is 272 g/mol. The Morgan fingerprint density at radius 1 is 1.31 bits per heavy atom. The lowest BCUT2D eigenvalue weighted by molar-refractivity contribution is 1.12. The molecule has 1 N–H and O–H groups in total. The van der Waals surface area contributed by atoms with Gasteiger partial charge in [0.15, 0.2) is 0 Å². The van der Waals surface area contributed by atoms with Crippen LogP contribution in [0.4, 0.5) is 5.69 Å². The Kier molecular flexibility index (Phi) is 3.69. The van der Waals surface area contributed by atoms with Crippen molar-refractivity contribution in [3.8, 4) is 0 Å². The first-order valence-electron chi connectivity index (χ1n) is 4.74. The zero-order valence-electron chi connectivity index (χ0n) is 8.63. The molecule has 0 saturated carbocycles. The number of aromatic nitrogens is 1. The fourth-order valence-corrected chi connectivity index (χ4v) is 2.30. The molecule has 5 heteroatoms. The Morgan fingerprint density at radius 2 is 2.12 bits per heavy atom. The summed E-state index contributed by atoms with van der Waals surface area (Å²) in [7, 11) is 0. The van der Waals surface area contributed by atoms with Gasteiger partial charge in [-0.1, -0.05) is 23.2 Å². The highest BCUT2D eigenvalue weighted by molar-refractivity contribution is 7.09. The van der Waals surface area contributed by atoms with Crippen LogP contribution in [0.15, 0.2) is 23.7 Å². The van der Waals surface area contributed by atoms with Crippen LogP contribution in [0.25, 0.3) is 0 Å². The van der Waals surface area contributed by atoms with Crippen molar-refractivity contribution >= 4 is 40.2 Å². The third kappa shape index (κ3) is 2.67. The van der Waals surface area contributed by atoms with Crippen molar-refractivity contribution in [1.29, 1.82) is 0 Å². The average molecular weight is 273 g/mol. The molecule has 0 unspecified atom stereocenters. The van der Waals surface area contributed by atoms with Crippen molar-refractivity contribution in [2.45, 2.75) is 13.5 Å². The van der Waals surface area contributed by atoms with E-state index < -0.39 is 0 Å². The summed E-state index contributed by atoms with van der Waals surface area (Å²) in [5, 5.41) is 4.42. The van der Waals surface area contributed by atoms with E-state index in [9.17, 15) is 0 Å². The van der Waals surface area contributed by atoms with Crippen LogP contribution in [-0.4, -0.2) is 4.98 Å². The van der Waals surface area contributed by atoms with Gasteiger partial charge in [-0.25, -0.2) is 4.98 Å². The lowest BCUT2D eigenvalue weighted by Gasteiger charge is -2.06. The van der Waals surface area contributed by atoms with Gasteiger partial charge in [0.1, 0.15) is 0 Å². The number of anilines is 1. The van der Waals surface area contributed by atoms with E-state index in [4.69, 9.17) is 23.2 Å². The second-order valence-electron chi connectivity index (χ2n) is 3.34. The summed E-state index contributed by atoms with van der Waals surface area (Å²) in [6, 6.07) is 5.51. The maximum Gasteiger partial charge on any atom is 0.0798 e. The Morgan fingerprint density at radius 3 is 2.75 bits per heavy atom. The number of nitrogens with zero attached hydrogens (tertiary/aromatic N) is 1. The lowest BCUT2D eigenvalue weighted by Crippen LogP contribution is -1.98. The smallest absolute Gasteiger partial charge is 0.0798 e. The summed E-state index contributed by atoms with van der Waals surface area (Å²) in [6.45, 7) is 2.76. The molecule has 2 aromatic rings. The highest BCUT2D eigenvalue weighted by atomic mass is 35.5. The predicted octanol–water partition coefficient (Wildman–Crippen LogP) is 4.37. The molecule has 0 aliphatic heterocycles. The van der Waals surface area contributed by atoms with Crippen molar-refractivity contribution < 1.29 is 0 Å². The number of benzene rings is 1. The molecule has 0 aliphatic rings. The predicted molar refractivity (Wildman–Crippen MR) is 70.6 cm³/mol. The number of hydrogen-bond acceptors (Lipinski definition) is 3. The molecule has 2 rings (SSSR count). The number of hydrogen-bond donors (Lipinski definition) is 1. The molecule has 2 nitrogen and oxygen atoms in total. The molecule has 0 bridgehead atoms. The SMILES string of the molecule is Cc1ncsc1CNc1ccc(Cl)c(Cl)c1. The van der Waals surface area contributed by atoms with Crippen molar-refractivity contribution in [3.63, 3.8) is 0 Å². The fraction of sp³-hybridized carbons (Fsp3) is 0.182. The Hall–Kier alpha value is -0.770. The first-order chi connectivity index (χ1) is 7.66. The van der Waals surface area contributed by atoms with Gasteiger partial charge in [-0.05, 0) is 25.1 Å². The van der Waals surface area contributed by atoms with Crippen molar-refractivity contribution in [2.75, 3.05) is 5.32 Å². The van der Waals surface area contributed by atoms with E-state index >= 15 is 0 Å². The highest BCUT2D eigenvalue weighted by Gasteiger charge is 2.02. The summed E-state index contributed by atoms with van der Waals surface area (Å²) < 4.78 is 0. The number of halogens is 2. The summed E-state index contributed by atoms with van der Waals surface area (Å²) in [6.07, 6.45) is 0. The third-order valence-corrected chi connectivity index (χ3v) is 3.89. The Labute approximate surface area is 108 Å². The van der Waals surface area contributed by atoms with Gasteiger partial charge in [0, 0.05) is 10.6 Å². The average Bonchev–Trinajstić information content (AvgIpc) is 2.66. The fourth-order valence-electron chi connectivity index (χ4n) is 1.28. The molecule has 0 fully saturated rings. The lowest BCUT2D eigenvalue weighted by atomic mass is 10.3. The Balaban J connectivity index is 2.05. The standard InChI is InChI=1S/C11H10Cl2N2S/c1-7-11(16-6-15-7)5-14-8-2-3-9(12)10(13)4-8/h2-4,6,14H,5H2,1H3. The van der Waals surface area contributed by atoms with E-state index in [0.29, 0.717) is 10.0 Å². The van der Waals surface area contributed by atoms with Gasteiger partial charge in [0.25, 0.3) is 0 Å². The van der Waals surface area contributed by atoms with Crippen molar-refractivity contribution in [2.24, 2.45) is 0 Å². The van der Waals surface area contributed by atoms with Crippen LogP contribution < -0.4 is 5.32 Å². The molecule has 0 atom stereocenters. The topological polar surface area (TPSA) is 24.9 Å². The largest absolute Gasteiger partial charge is 0.380 e. The normalized spacial score (nSPS) is 10.4. The number of thiazole rings is 1. The molecule has 1 aromatic heterocycles.